The molecule has 1 heterocycles. The van der Waals surface area contributed by atoms with Gasteiger partial charge < -0.3 is 5.32 Å². The number of rotatable bonds is 4. The predicted molar refractivity (Wildman–Crippen MR) is 81.5 cm³/mol. The minimum absolute atomic E-state index is 0.0918. The van der Waals surface area contributed by atoms with Crippen LogP contribution < -0.4 is 5.32 Å². The smallest absolute Gasteiger partial charge is 0.115 e. The molecule has 0 aliphatic rings. The van der Waals surface area contributed by atoms with Gasteiger partial charge in [0.2, 0.25) is 0 Å². The summed E-state index contributed by atoms with van der Waals surface area (Å²) in [6.07, 6.45) is 3.39. The van der Waals surface area contributed by atoms with Crippen LogP contribution in [0.25, 0.3) is 10.8 Å². The van der Waals surface area contributed by atoms with E-state index in [-0.39, 0.29) is 6.04 Å². The maximum Gasteiger partial charge on any atom is 0.115 e. The molecule has 1 aromatic heterocycles. The lowest BCUT2D eigenvalue weighted by molar-refractivity contribution is 0.617. The molecule has 0 saturated carbocycles. The van der Waals surface area contributed by atoms with Crippen LogP contribution in [-0.4, -0.2) is 16.5 Å². The van der Waals surface area contributed by atoms with Crippen molar-refractivity contribution in [1.29, 1.82) is 0 Å². The van der Waals surface area contributed by atoms with Gasteiger partial charge in [0.05, 0.1) is 11.7 Å². The molecule has 0 saturated heterocycles. The lowest BCUT2D eigenvalue weighted by Crippen LogP contribution is -2.23. The number of aromatic nitrogens is 2. The molecule has 0 aliphatic carbocycles. The zero-order valence-corrected chi connectivity index (χ0v) is 11.5. The Morgan fingerprint density at radius 2 is 1.90 bits per heavy atom. The Morgan fingerprint density at radius 1 is 1.05 bits per heavy atom. The molecule has 0 radical (unpaired) electrons. The van der Waals surface area contributed by atoms with Crippen molar-refractivity contribution in [3.05, 3.63) is 72.3 Å². The molecule has 3 nitrogen and oxygen atoms in total. The summed E-state index contributed by atoms with van der Waals surface area (Å²) in [5.41, 5.74) is 2.25. The molecule has 20 heavy (non-hydrogen) atoms. The fourth-order valence-corrected chi connectivity index (χ4v) is 2.55. The highest BCUT2D eigenvalue weighted by atomic mass is 14.9. The predicted octanol–water partition coefficient (Wildman–Crippen LogP) is 3.33. The van der Waals surface area contributed by atoms with E-state index in [0.717, 1.165) is 12.2 Å². The van der Waals surface area contributed by atoms with Crippen LogP contribution in [0.5, 0.6) is 0 Å². The molecule has 3 aromatic rings. The van der Waals surface area contributed by atoms with Gasteiger partial charge in [0.15, 0.2) is 0 Å². The number of fused-ring (bicyclic) bond motifs is 1. The van der Waals surface area contributed by atoms with E-state index in [1.165, 1.54) is 16.3 Å². The Kier molecular flexibility index (Phi) is 3.70. The average molecular weight is 263 g/mol. The van der Waals surface area contributed by atoms with Gasteiger partial charge in [-0.1, -0.05) is 49.4 Å². The minimum Gasteiger partial charge on any atom is -0.305 e. The van der Waals surface area contributed by atoms with Crippen LogP contribution in [0.4, 0.5) is 0 Å². The standard InChI is InChI=1S/C17H17N3/c1-2-19-17(16-10-11-18-12-20-16)15-9-5-7-13-6-3-4-8-14(13)15/h3-12,17,19H,2H2,1H3. The van der Waals surface area contributed by atoms with Gasteiger partial charge >= 0.3 is 0 Å². The highest BCUT2D eigenvalue weighted by Gasteiger charge is 2.16. The Hall–Kier alpha value is -2.26. The summed E-state index contributed by atoms with van der Waals surface area (Å²) in [4.78, 5) is 8.41. The summed E-state index contributed by atoms with van der Waals surface area (Å²) in [6, 6.07) is 16.9. The van der Waals surface area contributed by atoms with Gasteiger partial charge in [-0.15, -0.1) is 0 Å². The molecule has 3 heteroatoms. The molecular formula is C17H17N3. The highest BCUT2D eigenvalue weighted by molar-refractivity contribution is 5.86. The van der Waals surface area contributed by atoms with Gasteiger partial charge in [-0.2, -0.15) is 0 Å². The molecule has 1 atom stereocenters. The van der Waals surface area contributed by atoms with E-state index < -0.39 is 0 Å². The van der Waals surface area contributed by atoms with Crippen molar-refractivity contribution in [1.82, 2.24) is 15.3 Å². The highest BCUT2D eigenvalue weighted by Crippen LogP contribution is 2.27. The van der Waals surface area contributed by atoms with E-state index in [2.05, 4.69) is 64.7 Å². The lowest BCUT2D eigenvalue weighted by Gasteiger charge is -2.19. The lowest BCUT2D eigenvalue weighted by atomic mass is 9.96. The maximum atomic E-state index is 4.41. The third-order valence-corrected chi connectivity index (χ3v) is 3.44. The normalized spacial score (nSPS) is 12.4. The van der Waals surface area contributed by atoms with Gasteiger partial charge in [0, 0.05) is 6.20 Å². The van der Waals surface area contributed by atoms with Crippen LogP contribution in [-0.2, 0) is 0 Å². The first kappa shape index (κ1) is 12.8. The molecule has 1 unspecified atom stereocenters. The van der Waals surface area contributed by atoms with Crippen LogP contribution >= 0.6 is 0 Å². The monoisotopic (exact) mass is 263 g/mol. The molecule has 0 amide bonds. The third-order valence-electron chi connectivity index (χ3n) is 3.44. The minimum atomic E-state index is 0.0918. The van der Waals surface area contributed by atoms with Gasteiger partial charge in [-0.3, -0.25) is 0 Å². The average Bonchev–Trinajstić information content (AvgIpc) is 2.53. The van der Waals surface area contributed by atoms with E-state index in [0.29, 0.717) is 0 Å². The van der Waals surface area contributed by atoms with Gasteiger partial charge in [-0.25, -0.2) is 9.97 Å². The van der Waals surface area contributed by atoms with Crippen molar-refractivity contribution in [3.63, 3.8) is 0 Å². The van der Waals surface area contributed by atoms with Crippen LogP contribution in [0.1, 0.15) is 24.2 Å². The summed E-state index contributed by atoms with van der Waals surface area (Å²) < 4.78 is 0. The molecular weight excluding hydrogens is 246 g/mol. The molecule has 3 rings (SSSR count). The van der Waals surface area contributed by atoms with Crippen molar-refractivity contribution in [2.24, 2.45) is 0 Å². The first-order chi connectivity index (χ1) is 9.90. The van der Waals surface area contributed by atoms with E-state index in [9.17, 15) is 0 Å². The van der Waals surface area contributed by atoms with Crippen molar-refractivity contribution in [2.75, 3.05) is 6.54 Å². The molecule has 2 aromatic carbocycles. The maximum absolute atomic E-state index is 4.41. The third kappa shape index (κ3) is 2.40. The van der Waals surface area contributed by atoms with E-state index in [1.54, 1.807) is 12.5 Å². The molecule has 0 fully saturated rings. The van der Waals surface area contributed by atoms with Crippen LogP contribution in [0, 0.1) is 0 Å². The van der Waals surface area contributed by atoms with Crippen LogP contribution in [0.2, 0.25) is 0 Å². The topological polar surface area (TPSA) is 37.8 Å². The second-order valence-corrected chi connectivity index (χ2v) is 4.69. The van der Waals surface area contributed by atoms with Gasteiger partial charge in [0.25, 0.3) is 0 Å². The second-order valence-electron chi connectivity index (χ2n) is 4.69. The zero-order chi connectivity index (χ0) is 13.8. The first-order valence-electron chi connectivity index (χ1n) is 6.87. The van der Waals surface area contributed by atoms with Crippen molar-refractivity contribution < 1.29 is 0 Å². The number of nitrogens with one attached hydrogen (secondary N) is 1. The van der Waals surface area contributed by atoms with Gasteiger partial charge in [0.1, 0.15) is 6.33 Å². The van der Waals surface area contributed by atoms with E-state index in [1.807, 2.05) is 6.07 Å². The summed E-state index contributed by atoms with van der Waals surface area (Å²) in [6.45, 7) is 3.00. The Morgan fingerprint density at radius 3 is 2.70 bits per heavy atom. The summed E-state index contributed by atoms with van der Waals surface area (Å²) in [5, 5.41) is 6.03. The summed E-state index contributed by atoms with van der Waals surface area (Å²) in [7, 11) is 0. The summed E-state index contributed by atoms with van der Waals surface area (Å²) >= 11 is 0. The van der Waals surface area contributed by atoms with E-state index in [4.69, 9.17) is 0 Å². The number of hydrogen-bond acceptors (Lipinski definition) is 3. The largest absolute Gasteiger partial charge is 0.305 e. The van der Waals surface area contributed by atoms with Crippen molar-refractivity contribution >= 4 is 10.8 Å². The Balaban J connectivity index is 2.15. The quantitative estimate of drug-likeness (QED) is 0.784. The Bertz CT molecular complexity index is 689. The second kappa shape index (κ2) is 5.80. The SMILES string of the molecule is CCNC(c1ccncn1)c1cccc2ccccc12. The fourth-order valence-electron chi connectivity index (χ4n) is 2.55. The molecule has 100 valence electrons. The number of benzene rings is 2. The van der Waals surface area contributed by atoms with Crippen molar-refractivity contribution in [2.45, 2.75) is 13.0 Å². The summed E-state index contributed by atoms with van der Waals surface area (Å²) in [5.74, 6) is 0. The Labute approximate surface area is 118 Å². The van der Waals surface area contributed by atoms with E-state index >= 15 is 0 Å². The molecule has 0 aliphatic heterocycles. The molecule has 1 N–H and O–H groups in total. The van der Waals surface area contributed by atoms with Crippen molar-refractivity contribution in [3.8, 4) is 0 Å². The fraction of sp³-hybridized carbons (Fsp3) is 0.176. The first-order valence-corrected chi connectivity index (χ1v) is 6.87. The van der Waals surface area contributed by atoms with Crippen LogP contribution in [0.15, 0.2) is 61.1 Å². The van der Waals surface area contributed by atoms with Gasteiger partial charge in [-0.05, 0) is 28.9 Å². The molecule has 0 spiro atoms. The molecule has 0 bridgehead atoms. The number of nitrogens with zero attached hydrogens (tertiary/aromatic N) is 2. The zero-order valence-electron chi connectivity index (χ0n) is 11.5. The van der Waals surface area contributed by atoms with Crippen LogP contribution in [0.3, 0.4) is 0 Å². The number of hydrogen-bond donors (Lipinski definition) is 1.